The first-order valence-corrected chi connectivity index (χ1v) is 10.2. The van der Waals surface area contributed by atoms with E-state index in [9.17, 15) is 4.79 Å². The molecule has 0 saturated carbocycles. The fourth-order valence-electron chi connectivity index (χ4n) is 3.06. The number of rotatable bonds is 4. The van der Waals surface area contributed by atoms with Crippen LogP contribution in [-0.2, 0) is 4.79 Å². The number of amides is 1. The van der Waals surface area contributed by atoms with Crippen LogP contribution in [-0.4, -0.2) is 37.4 Å². The van der Waals surface area contributed by atoms with Crippen LogP contribution in [0, 0.1) is 0 Å². The summed E-state index contributed by atoms with van der Waals surface area (Å²) >= 11 is 1.37. The van der Waals surface area contributed by atoms with E-state index in [0.29, 0.717) is 34.8 Å². The molecular weight excluding hydrogens is 388 g/mol. The van der Waals surface area contributed by atoms with E-state index in [1.54, 1.807) is 12.0 Å². The molecule has 2 heterocycles. The summed E-state index contributed by atoms with van der Waals surface area (Å²) in [6.07, 6.45) is 1.86. The Morgan fingerprint density at radius 1 is 1.14 bits per heavy atom. The molecule has 2 aromatic carbocycles. The zero-order valence-corrected chi connectivity index (χ0v) is 17.4. The SMILES string of the molecule is COc1cccc(N2C(=O)/C(=C/c3ccc4c(c3)OCCO4)S/C2=N\C(C)C)c1. The van der Waals surface area contributed by atoms with Gasteiger partial charge in [-0.05, 0) is 61.5 Å². The van der Waals surface area contributed by atoms with Gasteiger partial charge in [0, 0.05) is 12.1 Å². The molecule has 1 fully saturated rings. The molecule has 7 heteroatoms. The number of carbonyl (C=O) groups is 1. The average Bonchev–Trinajstić information content (AvgIpc) is 3.02. The second-order valence-electron chi connectivity index (χ2n) is 6.86. The second-order valence-corrected chi connectivity index (χ2v) is 7.87. The molecule has 0 radical (unpaired) electrons. The number of thioether (sulfide) groups is 1. The first-order chi connectivity index (χ1) is 14.0. The Hall–Kier alpha value is -2.93. The number of benzene rings is 2. The largest absolute Gasteiger partial charge is 0.497 e. The standard InChI is InChI=1S/C22H22N2O4S/c1-14(2)23-22-24(16-5-4-6-17(13-16)26-3)21(25)20(29-22)12-15-7-8-18-19(11-15)28-10-9-27-18/h4-8,11-14H,9-10H2,1-3H3/b20-12-,23-22-. The molecule has 2 aliphatic rings. The van der Waals surface area contributed by atoms with Gasteiger partial charge in [-0.2, -0.15) is 0 Å². The zero-order chi connectivity index (χ0) is 20.4. The van der Waals surface area contributed by atoms with Crippen LogP contribution in [0.1, 0.15) is 19.4 Å². The van der Waals surface area contributed by atoms with E-state index in [4.69, 9.17) is 14.2 Å². The van der Waals surface area contributed by atoms with Crippen molar-refractivity contribution in [3.8, 4) is 17.2 Å². The smallest absolute Gasteiger partial charge is 0.271 e. The molecule has 0 atom stereocenters. The van der Waals surface area contributed by atoms with Crippen LogP contribution < -0.4 is 19.1 Å². The molecule has 150 valence electrons. The first-order valence-electron chi connectivity index (χ1n) is 9.40. The third-order valence-corrected chi connectivity index (χ3v) is 5.33. The summed E-state index contributed by atoms with van der Waals surface area (Å²) < 4.78 is 16.5. The molecule has 2 aromatic rings. The Morgan fingerprint density at radius 2 is 1.93 bits per heavy atom. The number of anilines is 1. The fraction of sp³-hybridized carbons (Fsp3) is 0.273. The van der Waals surface area contributed by atoms with E-state index in [1.807, 2.05) is 62.4 Å². The maximum Gasteiger partial charge on any atom is 0.271 e. The number of hydrogen-bond donors (Lipinski definition) is 0. The van der Waals surface area contributed by atoms with E-state index in [-0.39, 0.29) is 11.9 Å². The van der Waals surface area contributed by atoms with Crippen molar-refractivity contribution in [2.45, 2.75) is 19.9 Å². The number of methoxy groups -OCH3 is 1. The van der Waals surface area contributed by atoms with Crippen LogP contribution in [0.4, 0.5) is 5.69 Å². The van der Waals surface area contributed by atoms with Gasteiger partial charge in [0.15, 0.2) is 16.7 Å². The van der Waals surface area contributed by atoms with Crippen LogP contribution in [0.15, 0.2) is 52.4 Å². The highest BCUT2D eigenvalue weighted by Crippen LogP contribution is 2.38. The molecule has 0 bridgehead atoms. The van der Waals surface area contributed by atoms with Crippen molar-refractivity contribution in [2.24, 2.45) is 4.99 Å². The molecule has 6 nitrogen and oxygen atoms in total. The molecule has 4 rings (SSSR count). The molecule has 2 aliphatic heterocycles. The summed E-state index contributed by atoms with van der Waals surface area (Å²) in [6.45, 7) is 5.05. The minimum atomic E-state index is -0.113. The number of hydrogen-bond acceptors (Lipinski definition) is 6. The van der Waals surface area contributed by atoms with E-state index < -0.39 is 0 Å². The van der Waals surface area contributed by atoms with Crippen LogP contribution in [0.5, 0.6) is 17.2 Å². The third-order valence-electron chi connectivity index (χ3n) is 4.35. The van der Waals surface area contributed by atoms with Crippen molar-refractivity contribution >= 4 is 34.6 Å². The van der Waals surface area contributed by atoms with Gasteiger partial charge >= 0.3 is 0 Å². The van der Waals surface area contributed by atoms with Crippen molar-refractivity contribution in [2.75, 3.05) is 25.2 Å². The molecule has 1 amide bonds. The van der Waals surface area contributed by atoms with Gasteiger partial charge in [-0.1, -0.05) is 12.1 Å². The second kappa shape index (κ2) is 8.21. The Balaban J connectivity index is 1.70. The summed E-state index contributed by atoms with van der Waals surface area (Å²) in [5.41, 5.74) is 1.60. The molecule has 0 N–H and O–H groups in total. The van der Waals surface area contributed by atoms with Gasteiger partial charge in [0.1, 0.15) is 19.0 Å². The summed E-state index contributed by atoms with van der Waals surface area (Å²) in [5, 5.41) is 0.655. The third kappa shape index (κ3) is 4.10. The van der Waals surface area contributed by atoms with Crippen molar-refractivity contribution in [1.29, 1.82) is 0 Å². The molecule has 0 aliphatic carbocycles. The molecule has 1 saturated heterocycles. The first kappa shape index (κ1) is 19.4. The van der Waals surface area contributed by atoms with E-state index in [0.717, 1.165) is 17.0 Å². The number of fused-ring (bicyclic) bond motifs is 1. The molecule has 0 aromatic heterocycles. The Labute approximate surface area is 174 Å². The number of amidine groups is 1. The maximum absolute atomic E-state index is 13.2. The Morgan fingerprint density at radius 3 is 2.69 bits per heavy atom. The summed E-state index contributed by atoms with van der Waals surface area (Å²) in [7, 11) is 1.61. The van der Waals surface area contributed by atoms with Crippen LogP contribution in [0.2, 0.25) is 0 Å². The lowest BCUT2D eigenvalue weighted by Crippen LogP contribution is -2.29. The van der Waals surface area contributed by atoms with E-state index in [2.05, 4.69) is 4.99 Å². The van der Waals surface area contributed by atoms with Gasteiger partial charge in [0.05, 0.1) is 17.7 Å². The zero-order valence-electron chi connectivity index (χ0n) is 16.5. The van der Waals surface area contributed by atoms with Gasteiger partial charge in [-0.25, -0.2) is 0 Å². The van der Waals surface area contributed by atoms with Gasteiger partial charge in [0.2, 0.25) is 0 Å². The monoisotopic (exact) mass is 410 g/mol. The summed E-state index contributed by atoms with van der Waals surface area (Å²) in [6, 6.07) is 13.2. The van der Waals surface area contributed by atoms with Crippen molar-refractivity contribution < 1.29 is 19.0 Å². The molecule has 0 unspecified atom stereocenters. The lowest BCUT2D eigenvalue weighted by Gasteiger charge is -2.18. The van der Waals surface area contributed by atoms with Gasteiger partial charge < -0.3 is 14.2 Å². The van der Waals surface area contributed by atoms with Gasteiger partial charge in [-0.15, -0.1) is 0 Å². The average molecular weight is 410 g/mol. The quantitative estimate of drug-likeness (QED) is 0.702. The molecule has 29 heavy (non-hydrogen) atoms. The predicted molar refractivity (Wildman–Crippen MR) is 116 cm³/mol. The molecule has 0 spiro atoms. The highest BCUT2D eigenvalue weighted by atomic mass is 32.2. The van der Waals surface area contributed by atoms with Gasteiger partial charge in [-0.3, -0.25) is 14.7 Å². The number of ether oxygens (including phenoxy) is 3. The minimum absolute atomic E-state index is 0.0621. The maximum atomic E-state index is 13.2. The van der Waals surface area contributed by atoms with Crippen molar-refractivity contribution in [1.82, 2.24) is 0 Å². The number of aliphatic imine (C=N–C) groups is 1. The normalized spacial score (nSPS) is 18.8. The lowest BCUT2D eigenvalue weighted by atomic mass is 10.1. The summed E-state index contributed by atoms with van der Waals surface area (Å²) in [4.78, 5) is 20.1. The lowest BCUT2D eigenvalue weighted by molar-refractivity contribution is -0.113. The van der Waals surface area contributed by atoms with Crippen LogP contribution >= 0.6 is 11.8 Å². The van der Waals surface area contributed by atoms with Crippen LogP contribution in [0.3, 0.4) is 0 Å². The summed E-state index contributed by atoms with van der Waals surface area (Å²) in [5.74, 6) is 2.00. The Kier molecular flexibility index (Phi) is 5.49. The highest BCUT2D eigenvalue weighted by molar-refractivity contribution is 8.19. The van der Waals surface area contributed by atoms with Crippen molar-refractivity contribution in [3.05, 3.63) is 52.9 Å². The van der Waals surface area contributed by atoms with Crippen molar-refractivity contribution in [3.63, 3.8) is 0 Å². The Bertz CT molecular complexity index is 1000. The topological polar surface area (TPSA) is 60.4 Å². The van der Waals surface area contributed by atoms with E-state index in [1.165, 1.54) is 11.8 Å². The number of nitrogens with zero attached hydrogens (tertiary/aromatic N) is 2. The fourth-order valence-corrected chi connectivity index (χ4v) is 4.17. The molecular formula is C22H22N2O4S. The van der Waals surface area contributed by atoms with Crippen LogP contribution in [0.25, 0.3) is 6.08 Å². The predicted octanol–water partition coefficient (Wildman–Crippen LogP) is 4.35. The number of carbonyl (C=O) groups excluding carboxylic acids is 1. The minimum Gasteiger partial charge on any atom is -0.497 e. The highest BCUT2D eigenvalue weighted by Gasteiger charge is 2.35. The van der Waals surface area contributed by atoms with E-state index >= 15 is 0 Å². The van der Waals surface area contributed by atoms with Gasteiger partial charge in [0.25, 0.3) is 5.91 Å².